The maximum absolute atomic E-state index is 12.1. The van der Waals surface area contributed by atoms with Crippen LogP contribution in [0.15, 0.2) is 17.5 Å². The molecule has 1 heterocycles. The molecule has 0 aliphatic heterocycles. The lowest BCUT2D eigenvalue weighted by molar-refractivity contribution is -0.153. The van der Waals surface area contributed by atoms with E-state index in [9.17, 15) is 9.59 Å². The molecular formula is C11H12O3S. The van der Waals surface area contributed by atoms with E-state index in [1.54, 1.807) is 6.07 Å². The van der Waals surface area contributed by atoms with E-state index in [0.29, 0.717) is 17.7 Å². The Balaban J connectivity index is 2.28. The highest BCUT2D eigenvalue weighted by Crippen LogP contribution is 2.45. The van der Waals surface area contributed by atoms with Crippen LogP contribution in [0, 0.1) is 5.41 Å². The third-order valence-electron chi connectivity index (χ3n) is 2.96. The summed E-state index contributed by atoms with van der Waals surface area (Å²) in [5.74, 6) is -0.456. The van der Waals surface area contributed by atoms with Crippen LogP contribution in [0.25, 0.3) is 0 Å². The molecule has 2 rings (SSSR count). The van der Waals surface area contributed by atoms with E-state index in [-0.39, 0.29) is 11.8 Å². The van der Waals surface area contributed by atoms with Crippen LogP contribution in [0.4, 0.5) is 0 Å². The molecule has 0 radical (unpaired) electrons. The number of carbonyl (C=O) groups excluding carboxylic acids is 2. The summed E-state index contributed by atoms with van der Waals surface area (Å²) in [6, 6.07) is 3.58. The van der Waals surface area contributed by atoms with Crippen molar-refractivity contribution in [1.82, 2.24) is 0 Å². The monoisotopic (exact) mass is 224 g/mol. The average molecular weight is 224 g/mol. The second kappa shape index (κ2) is 3.77. The minimum Gasteiger partial charge on any atom is -0.468 e. The fourth-order valence-corrected chi connectivity index (χ4v) is 2.66. The third-order valence-corrected chi connectivity index (χ3v) is 3.83. The summed E-state index contributed by atoms with van der Waals surface area (Å²) >= 11 is 1.38. The number of rotatable bonds is 3. The highest BCUT2D eigenvalue weighted by Gasteiger charge is 2.52. The van der Waals surface area contributed by atoms with Crippen molar-refractivity contribution < 1.29 is 14.3 Å². The van der Waals surface area contributed by atoms with Crippen LogP contribution in [0.5, 0.6) is 0 Å². The molecule has 0 saturated heterocycles. The third kappa shape index (κ3) is 1.49. The molecule has 1 aliphatic rings. The first kappa shape index (κ1) is 10.4. The molecule has 0 bridgehead atoms. The molecule has 0 N–H and O–H groups in total. The van der Waals surface area contributed by atoms with Crippen LogP contribution in [0.1, 0.15) is 28.9 Å². The van der Waals surface area contributed by atoms with Gasteiger partial charge in [-0.3, -0.25) is 9.59 Å². The van der Waals surface area contributed by atoms with Crippen LogP contribution >= 0.6 is 11.3 Å². The summed E-state index contributed by atoms with van der Waals surface area (Å²) in [7, 11) is 1.34. The molecule has 0 spiro atoms. The van der Waals surface area contributed by atoms with Crippen molar-refractivity contribution >= 4 is 23.1 Å². The Bertz CT molecular complexity index is 377. The summed E-state index contributed by atoms with van der Waals surface area (Å²) < 4.78 is 4.72. The van der Waals surface area contributed by atoms with E-state index in [0.717, 1.165) is 6.42 Å². The molecule has 0 unspecified atom stereocenters. The molecule has 4 heteroatoms. The number of hydrogen-bond donors (Lipinski definition) is 0. The van der Waals surface area contributed by atoms with Gasteiger partial charge in [0.1, 0.15) is 5.41 Å². The molecule has 1 aromatic heterocycles. The Kier molecular flexibility index (Phi) is 2.61. The van der Waals surface area contributed by atoms with E-state index < -0.39 is 5.41 Å². The number of ether oxygens (including phenoxy) is 1. The molecule has 15 heavy (non-hydrogen) atoms. The lowest BCUT2D eigenvalue weighted by Crippen LogP contribution is -2.45. The minimum absolute atomic E-state index is 0.0735. The van der Waals surface area contributed by atoms with Gasteiger partial charge in [0.25, 0.3) is 0 Å². The van der Waals surface area contributed by atoms with Gasteiger partial charge in [-0.25, -0.2) is 0 Å². The Morgan fingerprint density at radius 2 is 2.20 bits per heavy atom. The predicted octanol–water partition coefficient (Wildman–Crippen LogP) is 2.27. The van der Waals surface area contributed by atoms with Crippen molar-refractivity contribution in [3.63, 3.8) is 0 Å². The predicted molar refractivity (Wildman–Crippen MR) is 56.9 cm³/mol. The van der Waals surface area contributed by atoms with Gasteiger partial charge in [0.05, 0.1) is 12.0 Å². The van der Waals surface area contributed by atoms with Crippen molar-refractivity contribution in [3.05, 3.63) is 22.4 Å². The van der Waals surface area contributed by atoms with Gasteiger partial charge in [-0.15, -0.1) is 11.3 Å². The van der Waals surface area contributed by atoms with Crippen LogP contribution < -0.4 is 0 Å². The van der Waals surface area contributed by atoms with Crippen molar-refractivity contribution in [3.8, 4) is 0 Å². The van der Waals surface area contributed by atoms with Crippen molar-refractivity contribution in [2.75, 3.05) is 7.11 Å². The maximum Gasteiger partial charge on any atom is 0.319 e. The summed E-state index contributed by atoms with van der Waals surface area (Å²) in [6.07, 6.45) is 2.17. The van der Waals surface area contributed by atoms with Crippen LogP contribution in [0.3, 0.4) is 0 Å². The number of ketones is 1. The van der Waals surface area contributed by atoms with E-state index in [1.165, 1.54) is 18.4 Å². The average Bonchev–Trinajstić information content (AvgIpc) is 2.68. The quantitative estimate of drug-likeness (QED) is 0.449. The molecule has 1 fully saturated rings. The Labute approximate surface area is 92.1 Å². The first-order valence-corrected chi connectivity index (χ1v) is 5.75. The first-order chi connectivity index (χ1) is 7.20. The molecule has 0 amide bonds. The van der Waals surface area contributed by atoms with Gasteiger partial charge >= 0.3 is 5.97 Å². The van der Waals surface area contributed by atoms with Crippen molar-refractivity contribution in [2.45, 2.75) is 19.3 Å². The van der Waals surface area contributed by atoms with Gasteiger partial charge in [0.2, 0.25) is 0 Å². The summed E-state index contributed by atoms with van der Waals surface area (Å²) in [5, 5.41) is 1.84. The molecule has 0 atom stereocenters. The Morgan fingerprint density at radius 1 is 1.47 bits per heavy atom. The van der Waals surface area contributed by atoms with E-state index >= 15 is 0 Å². The zero-order chi connectivity index (χ0) is 10.9. The van der Waals surface area contributed by atoms with Gasteiger partial charge in [0.15, 0.2) is 5.78 Å². The smallest absolute Gasteiger partial charge is 0.319 e. The highest BCUT2D eigenvalue weighted by atomic mass is 32.1. The summed E-state index contributed by atoms with van der Waals surface area (Å²) in [4.78, 5) is 24.4. The lowest BCUT2D eigenvalue weighted by atomic mass is 9.65. The van der Waals surface area contributed by atoms with Gasteiger partial charge < -0.3 is 4.74 Å². The zero-order valence-electron chi connectivity index (χ0n) is 8.49. The summed E-state index contributed by atoms with van der Waals surface area (Å²) in [6.45, 7) is 0. The van der Waals surface area contributed by atoms with Gasteiger partial charge in [-0.2, -0.15) is 0 Å². The topological polar surface area (TPSA) is 43.4 Å². The second-order valence-corrected chi connectivity index (χ2v) is 4.68. The maximum atomic E-state index is 12.1. The Morgan fingerprint density at radius 3 is 2.60 bits per heavy atom. The molecular weight excluding hydrogens is 212 g/mol. The first-order valence-electron chi connectivity index (χ1n) is 4.87. The van der Waals surface area contributed by atoms with Gasteiger partial charge in [-0.05, 0) is 24.3 Å². The molecule has 1 aromatic rings. The normalized spacial score (nSPS) is 17.9. The van der Waals surface area contributed by atoms with Crippen LogP contribution in [-0.4, -0.2) is 18.9 Å². The van der Waals surface area contributed by atoms with E-state index in [4.69, 9.17) is 4.74 Å². The number of thiophene rings is 1. The Hall–Kier alpha value is -1.16. The molecule has 1 saturated carbocycles. The number of hydrogen-bond acceptors (Lipinski definition) is 4. The van der Waals surface area contributed by atoms with Crippen molar-refractivity contribution in [1.29, 1.82) is 0 Å². The molecule has 0 aromatic carbocycles. The highest BCUT2D eigenvalue weighted by molar-refractivity contribution is 7.12. The van der Waals surface area contributed by atoms with E-state index in [2.05, 4.69) is 0 Å². The van der Waals surface area contributed by atoms with Gasteiger partial charge in [-0.1, -0.05) is 12.5 Å². The standard InChI is InChI=1S/C11H12O3S/c1-14-10(13)11(5-3-6-11)9(12)8-4-2-7-15-8/h2,4,7H,3,5-6H2,1H3. The van der Waals surface area contributed by atoms with Crippen molar-refractivity contribution in [2.24, 2.45) is 5.41 Å². The van der Waals surface area contributed by atoms with Gasteiger partial charge in [0, 0.05) is 0 Å². The second-order valence-electron chi connectivity index (χ2n) is 3.73. The SMILES string of the molecule is COC(=O)C1(C(=O)c2cccs2)CCC1. The lowest BCUT2D eigenvalue weighted by Gasteiger charge is -2.36. The molecule has 3 nitrogen and oxygen atoms in total. The fraction of sp³-hybridized carbons (Fsp3) is 0.455. The van der Waals surface area contributed by atoms with E-state index in [1.807, 2.05) is 11.4 Å². The van der Waals surface area contributed by atoms with Crippen LogP contribution in [0.2, 0.25) is 0 Å². The number of esters is 1. The number of Topliss-reactive ketones (excluding diaryl/α,β-unsaturated/α-hetero) is 1. The molecule has 1 aliphatic carbocycles. The van der Waals surface area contributed by atoms with Crippen LogP contribution in [-0.2, 0) is 9.53 Å². The number of methoxy groups -OCH3 is 1. The summed E-state index contributed by atoms with van der Waals surface area (Å²) in [5.41, 5.74) is -0.875. The zero-order valence-corrected chi connectivity index (χ0v) is 9.30. The number of carbonyl (C=O) groups is 2. The largest absolute Gasteiger partial charge is 0.468 e. The minimum atomic E-state index is -0.875. The fourth-order valence-electron chi connectivity index (χ4n) is 1.89. The molecule has 80 valence electrons.